The lowest BCUT2D eigenvalue weighted by molar-refractivity contribution is -0.386. The van der Waals surface area contributed by atoms with Gasteiger partial charge in [0.1, 0.15) is 5.69 Å². The summed E-state index contributed by atoms with van der Waals surface area (Å²) < 4.78 is 15.6. The molecule has 1 aliphatic heterocycles. The summed E-state index contributed by atoms with van der Waals surface area (Å²) in [6.45, 7) is 2.52. The topological polar surface area (TPSA) is 67.4 Å². The molecule has 0 aliphatic carbocycles. The minimum atomic E-state index is -0.797. The largest absolute Gasteiger partial charge is 0.362 e. The lowest BCUT2D eigenvalue weighted by Gasteiger charge is -2.36. The SMILES string of the molecule is Cn1ccnc1N1CCN(c2cccc(F)c2[N+](=O)[O-])CC1. The van der Waals surface area contributed by atoms with E-state index in [1.54, 1.807) is 12.3 Å². The van der Waals surface area contributed by atoms with E-state index in [-0.39, 0.29) is 0 Å². The number of imidazole rings is 1. The highest BCUT2D eigenvalue weighted by atomic mass is 19.1. The van der Waals surface area contributed by atoms with Gasteiger partial charge in [-0.25, -0.2) is 4.98 Å². The zero-order valence-corrected chi connectivity index (χ0v) is 12.1. The number of nitro groups is 1. The highest BCUT2D eigenvalue weighted by Crippen LogP contribution is 2.31. The summed E-state index contributed by atoms with van der Waals surface area (Å²) in [6, 6.07) is 4.21. The zero-order valence-electron chi connectivity index (χ0n) is 12.1. The fraction of sp³-hybridized carbons (Fsp3) is 0.357. The number of rotatable bonds is 3. The first-order valence-corrected chi connectivity index (χ1v) is 6.98. The van der Waals surface area contributed by atoms with Crippen molar-refractivity contribution in [2.75, 3.05) is 36.0 Å². The van der Waals surface area contributed by atoms with Crippen LogP contribution in [0.4, 0.5) is 21.7 Å². The molecule has 0 radical (unpaired) electrons. The van der Waals surface area contributed by atoms with Crippen LogP contribution in [-0.2, 0) is 7.05 Å². The number of hydrogen-bond acceptors (Lipinski definition) is 5. The van der Waals surface area contributed by atoms with E-state index in [4.69, 9.17) is 0 Å². The zero-order chi connectivity index (χ0) is 15.7. The Morgan fingerprint density at radius 3 is 2.50 bits per heavy atom. The number of halogens is 1. The summed E-state index contributed by atoms with van der Waals surface area (Å²) in [6.07, 6.45) is 3.61. The molecular formula is C14H16FN5O2. The second-order valence-electron chi connectivity index (χ2n) is 5.18. The first-order chi connectivity index (χ1) is 10.6. The molecule has 0 bridgehead atoms. The van der Waals surface area contributed by atoms with Crippen LogP contribution in [0.15, 0.2) is 30.6 Å². The number of aryl methyl sites for hydroxylation is 1. The molecule has 1 aliphatic rings. The molecular weight excluding hydrogens is 289 g/mol. The minimum Gasteiger partial charge on any atom is -0.362 e. The molecule has 0 unspecified atom stereocenters. The van der Waals surface area contributed by atoms with Gasteiger partial charge in [-0.2, -0.15) is 4.39 Å². The number of anilines is 2. The molecule has 0 N–H and O–H groups in total. The average Bonchev–Trinajstić information content (AvgIpc) is 2.93. The van der Waals surface area contributed by atoms with Gasteiger partial charge in [0, 0.05) is 45.6 Å². The van der Waals surface area contributed by atoms with Gasteiger partial charge in [0.25, 0.3) is 0 Å². The lowest BCUT2D eigenvalue weighted by Crippen LogP contribution is -2.47. The molecule has 1 fully saturated rings. The Morgan fingerprint density at radius 1 is 1.23 bits per heavy atom. The molecule has 0 atom stereocenters. The second-order valence-corrected chi connectivity index (χ2v) is 5.18. The van der Waals surface area contributed by atoms with E-state index in [0.717, 1.165) is 12.0 Å². The normalized spacial score (nSPS) is 15.2. The molecule has 22 heavy (non-hydrogen) atoms. The molecule has 0 saturated carbocycles. The summed E-state index contributed by atoms with van der Waals surface area (Å²) in [5, 5.41) is 11.1. The quantitative estimate of drug-likeness (QED) is 0.639. The van der Waals surface area contributed by atoms with Crippen LogP contribution >= 0.6 is 0 Å². The number of nitro benzene ring substituents is 1. The third kappa shape index (κ3) is 2.47. The van der Waals surface area contributed by atoms with Crippen LogP contribution < -0.4 is 9.80 Å². The van der Waals surface area contributed by atoms with Gasteiger partial charge in [-0.3, -0.25) is 10.1 Å². The summed E-state index contributed by atoms with van der Waals surface area (Å²) >= 11 is 0. The van der Waals surface area contributed by atoms with E-state index >= 15 is 0 Å². The van der Waals surface area contributed by atoms with E-state index in [0.29, 0.717) is 31.9 Å². The standard InChI is InChI=1S/C14H16FN5O2/c1-17-6-5-16-14(17)19-9-7-18(8-10-19)12-4-2-3-11(15)13(12)20(21)22/h2-6H,7-10H2,1H3. The van der Waals surface area contributed by atoms with Crippen molar-refractivity contribution in [3.8, 4) is 0 Å². The first kappa shape index (κ1) is 14.3. The number of hydrogen-bond donors (Lipinski definition) is 0. The van der Waals surface area contributed by atoms with E-state index < -0.39 is 16.4 Å². The Kier molecular flexibility index (Phi) is 3.66. The first-order valence-electron chi connectivity index (χ1n) is 6.98. The van der Waals surface area contributed by atoms with Crippen LogP contribution in [0.2, 0.25) is 0 Å². The Morgan fingerprint density at radius 2 is 1.91 bits per heavy atom. The van der Waals surface area contributed by atoms with Gasteiger partial charge in [-0.05, 0) is 12.1 Å². The van der Waals surface area contributed by atoms with Crippen LogP contribution in [-0.4, -0.2) is 40.7 Å². The number of piperazine rings is 1. The van der Waals surface area contributed by atoms with Crippen molar-refractivity contribution in [1.82, 2.24) is 9.55 Å². The Balaban J connectivity index is 1.79. The summed E-state index contributed by atoms with van der Waals surface area (Å²) in [4.78, 5) is 18.7. The Hall–Kier alpha value is -2.64. The van der Waals surface area contributed by atoms with Gasteiger partial charge < -0.3 is 14.4 Å². The molecule has 3 rings (SSSR count). The van der Waals surface area contributed by atoms with Crippen LogP contribution in [0.1, 0.15) is 0 Å². The number of para-hydroxylation sites is 1. The smallest absolute Gasteiger partial charge is 0.327 e. The van der Waals surface area contributed by atoms with Crippen molar-refractivity contribution in [3.63, 3.8) is 0 Å². The van der Waals surface area contributed by atoms with Gasteiger partial charge in [0.15, 0.2) is 0 Å². The maximum absolute atomic E-state index is 13.7. The highest BCUT2D eigenvalue weighted by Gasteiger charge is 2.27. The third-order valence-electron chi connectivity index (χ3n) is 3.85. The van der Waals surface area contributed by atoms with Crippen LogP contribution in [0, 0.1) is 15.9 Å². The fourth-order valence-electron chi connectivity index (χ4n) is 2.75. The van der Waals surface area contributed by atoms with Crippen molar-refractivity contribution in [3.05, 3.63) is 46.5 Å². The maximum atomic E-state index is 13.7. The molecule has 7 nitrogen and oxygen atoms in total. The van der Waals surface area contributed by atoms with Gasteiger partial charge in [0.05, 0.1) is 4.92 Å². The van der Waals surface area contributed by atoms with Gasteiger partial charge in [-0.15, -0.1) is 0 Å². The predicted molar refractivity (Wildman–Crippen MR) is 80.7 cm³/mol. The second kappa shape index (κ2) is 5.63. The van der Waals surface area contributed by atoms with E-state index in [1.165, 1.54) is 6.07 Å². The summed E-state index contributed by atoms with van der Waals surface area (Å²) in [7, 11) is 1.92. The Labute approximate surface area is 126 Å². The predicted octanol–water partition coefficient (Wildman–Crippen LogP) is 1.79. The fourth-order valence-corrected chi connectivity index (χ4v) is 2.75. The number of benzene rings is 1. The lowest BCUT2D eigenvalue weighted by atomic mass is 10.2. The Bertz CT molecular complexity index is 694. The molecule has 0 amide bonds. The van der Waals surface area contributed by atoms with Crippen LogP contribution in [0.3, 0.4) is 0 Å². The van der Waals surface area contributed by atoms with E-state index in [9.17, 15) is 14.5 Å². The van der Waals surface area contributed by atoms with E-state index in [1.807, 2.05) is 22.7 Å². The van der Waals surface area contributed by atoms with Crippen molar-refractivity contribution in [2.24, 2.45) is 7.05 Å². The van der Waals surface area contributed by atoms with Gasteiger partial charge in [-0.1, -0.05) is 6.07 Å². The maximum Gasteiger partial charge on any atom is 0.327 e. The molecule has 116 valence electrons. The molecule has 2 aromatic rings. The van der Waals surface area contributed by atoms with Crippen molar-refractivity contribution < 1.29 is 9.31 Å². The third-order valence-corrected chi connectivity index (χ3v) is 3.85. The number of aromatic nitrogens is 2. The van der Waals surface area contributed by atoms with Crippen LogP contribution in [0.5, 0.6) is 0 Å². The van der Waals surface area contributed by atoms with Crippen molar-refractivity contribution in [1.29, 1.82) is 0 Å². The molecule has 8 heteroatoms. The molecule has 2 heterocycles. The highest BCUT2D eigenvalue weighted by molar-refractivity contribution is 5.64. The average molecular weight is 305 g/mol. The molecule has 1 aromatic heterocycles. The molecule has 1 aromatic carbocycles. The molecule has 1 saturated heterocycles. The minimum absolute atomic E-state index is 0.337. The van der Waals surface area contributed by atoms with E-state index in [2.05, 4.69) is 9.88 Å². The summed E-state index contributed by atoms with van der Waals surface area (Å²) in [5.41, 5.74) is -0.113. The van der Waals surface area contributed by atoms with Crippen molar-refractivity contribution >= 4 is 17.3 Å². The van der Waals surface area contributed by atoms with Crippen molar-refractivity contribution in [2.45, 2.75) is 0 Å². The number of nitrogens with zero attached hydrogens (tertiary/aromatic N) is 5. The summed E-state index contributed by atoms with van der Waals surface area (Å²) in [5.74, 6) is 0.0717. The molecule has 0 spiro atoms. The monoisotopic (exact) mass is 305 g/mol. The van der Waals surface area contributed by atoms with Crippen LogP contribution in [0.25, 0.3) is 0 Å². The van der Waals surface area contributed by atoms with Gasteiger partial charge >= 0.3 is 5.69 Å². The van der Waals surface area contributed by atoms with Gasteiger partial charge in [0.2, 0.25) is 11.8 Å².